The van der Waals surface area contributed by atoms with E-state index in [1.54, 1.807) is 4.72 Å². The number of aryl methyl sites for hydroxylation is 1. The van der Waals surface area contributed by atoms with Crippen LogP contribution in [0.25, 0.3) is 0 Å². The van der Waals surface area contributed by atoms with E-state index in [4.69, 9.17) is 4.74 Å². The molecule has 0 aromatic heterocycles. The van der Waals surface area contributed by atoms with E-state index in [0.29, 0.717) is 18.6 Å². The zero-order chi connectivity index (χ0) is 23.0. The topological polar surface area (TPSA) is 84.5 Å². The number of anilines is 1. The molecule has 1 aliphatic heterocycles. The molecule has 1 atom stereocenters. The molecule has 0 bridgehead atoms. The summed E-state index contributed by atoms with van der Waals surface area (Å²) in [6.45, 7) is 6.26. The van der Waals surface area contributed by atoms with Gasteiger partial charge in [0.15, 0.2) is 17.7 Å². The van der Waals surface area contributed by atoms with Crippen molar-refractivity contribution in [3.63, 3.8) is 0 Å². The Bertz CT molecular complexity index is 1090. The molecule has 3 rings (SSSR count). The summed E-state index contributed by atoms with van der Waals surface area (Å²) in [6.07, 6.45) is 1.28. The molecule has 1 amide bonds. The number of ether oxygens (including phenoxy) is 1. The van der Waals surface area contributed by atoms with Crippen LogP contribution in [-0.4, -0.2) is 26.7 Å². The highest BCUT2D eigenvalue weighted by Crippen LogP contribution is 2.32. The molecule has 6 nitrogen and oxygen atoms in total. The molecular formula is C22H26F2N2O4S. The Morgan fingerprint density at radius 2 is 1.81 bits per heavy atom. The Labute approximate surface area is 181 Å². The van der Waals surface area contributed by atoms with Crippen LogP contribution < -0.4 is 14.8 Å². The smallest absolute Gasteiger partial charge is 0.261 e. The number of amides is 1. The number of fused-ring (bicyclic) bond motifs is 1. The van der Waals surface area contributed by atoms with Gasteiger partial charge in [0.25, 0.3) is 5.91 Å². The normalized spacial score (nSPS) is 16.3. The summed E-state index contributed by atoms with van der Waals surface area (Å²) < 4.78 is 58.3. The van der Waals surface area contributed by atoms with Crippen molar-refractivity contribution in [3.05, 3.63) is 58.7 Å². The monoisotopic (exact) mass is 452 g/mol. The van der Waals surface area contributed by atoms with E-state index >= 15 is 0 Å². The first kappa shape index (κ1) is 23.0. The lowest BCUT2D eigenvalue weighted by atomic mass is 9.85. The number of benzene rings is 2. The molecule has 2 N–H and O–H groups in total. The largest absolute Gasteiger partial charge is 0.480 e. The summed E-state index contributed by atoms with van der Waals surface area (Å²) in [5, 5.41) is 2.62. The fourth-order valence-electron chi connectivity index (χ4n) is 3.35. The first-order valence-corrected chi connectivity index (χ1v) is 11.8. The van der Waals surface area contributed by atoms with E-state index in [1.807, 2.05) is 12.1 Å². The number of hydrogen-bond donors (Lipinski definition) is 2. The standard InChI is InChI=1S/C22H26F2N2O4S/c1-22(2,3)15-6-8-18-14(11-15)5-7-19(30-18)21(27)25-12-13-9-16(23)20(17(24)10-13)26-31(4,28)29/h6,8-11,19,26H,5,7,12H2,1-4H3,(H,25,27). The van der Waals surface area contributed by atoms with Crippen molar-refractivity contribution in [1.29, 1.82) is 0 Å². The van der Waals surface area contributed by atoms with Crippen molar-refractivity contribution in [2.45, 2.75) is 51.7 Å². The van der Waals surface area contributed by atoms with Gasteiger partial charge < -0.3 is 10.1 Å². The molecular weight excluding hydrogens is 426 g/mol. The van der Waals surface area contributed by atoms with Gasteiger partial charge in [0.05, 0.1) is 6.26 Å². The van der Waals surface area contributed by atoms with Crippen LogP contribution in [0.1, 0.15) is 43.9 Å². The summed E-state index contributed by atoms with van der Waals surface area (Å²) >= 11 is 0. The lowest BCUT2D eigenvalue weighted by Crippen LogP contribution is -2.40. The van der Waals surface area contributed by atoms with Gasteiger partial charge in [-0.1, -0.05) is 32.9 Å². The third kappa shape index (κ3) is 5.72. The molecule has 2 aromatic rings. The van der Waals surface area contributed by atoms with Gasteiger partial charge in [-0.15, -0.1) is 0 Å². The van der Waals surface area contributed by atoms with E-state index in [9.17, 15) is 22.0 Å². The number of halogens is 2. The number of carbonyl (C=O) groups is 1. The van der Waals surface area contributed by atoms with Crippen molar-refractivity contribution in [2.24, 2.45) is 0 Å². The number of hydrogen-bond acceptors (Lipinski definition) is 4. The second-order valence-electron chi connectivity index (χ2n) is 8.74. The molecule has 0 radical (unpaired) electrons. The van der Waals surface area contributed by atoms with Crippen LogP contribution in [0.15, 0.2) is 30.3 Å². The molecule has 31 heavy (non-hydrogen) atoms. The Morgan fingerprint density at radius 1 is 1.16 bits per heavy atom. The van der Waals surface area contributed by atoms with Crippen LogP contribution in [0, 0.1) is 11.6 Å². The molecule has 1 heterocycles. The SMILES string of the molecule is CC(C)(C)c1ccc2c(c1)CCC(C(=O)NCc1cc(F)c(NS(C)(=O)=O)c(F)c1)O2. The summed E-state index contributed by atoms with van der Waals surface area (Å²) in [7, 11) is -3.83. The molecule has 9 heteroatoms. The minimum Gasteiger partial charge on any atom is -0.480 e. The van der Waals surface area contributed by atoms with Crippen LogP contribution in [0.4, 0.5) is 14.5 Å². The maximum atomic E-state index is 14.1. The maximum absolute atomic E-state index is 14.1. The van der Waals surface area contributed by atoms with Gasteiger partial charge in [0.2, 0.25) is 10.0 Å². The van der Waals surface area contributed by atoms with E-state index < -0.39 is 33.4 Å². The van der Waals surface area contributed by atoms with Crippen molar-refractivity contribution in [3.8, 4) is 5.75 Å². The minimum atomic E-state index is -3.83. The van der Waals surface area contributed by atoms with Crippen molar-refractivity contribution in [1.82, 2.24) is 5.32 Å². The van der Waals surface area contributed by atoms with Gasteiger partial charge in [-0.25, -0.2) is 17.2 Å². The van der Waals surface area contributed by atoms with E-state index in [2.05, 4.69) is 32.2 Å². The molecule has 0 spiro atoms. The number of carbonyl (C=O) groups excluding carboxylic acids is 1. The van der Waals surface area contributed by atoms with Crippen LogP contribution >= 0.6 is 0 Å². The highest BCUT2D eigenvalue weighted by Gasteiger charge is 2.27. The average molecular weight is 453 g/mol. The second-order valence-corrected chi connectivity index (χ2v) is 10.5. The molecule has 168 valence electrons. The molecule has 0 saturated carbocycles. The molecule has 0 aliphatic carbocycles. The van der Waals surface area contributed by atoms with Gasteiger partial charge in [-0.3, -0.25) is 9.52 Å². The fourth-order valence-corrected chi connectivity index (χ4v) is 3.92. The summed E-state index contributed by atoms with van der Waals surface area (Å²) in [6, 6.07) is 7.90. The highest BCUT2D eigenvalue weighted by atomic mass is 32.2. The minimum absolute atomic E-state index is 0.0141. The van der Waals surface area contributed by atoms with Crippen molar-refractivity contribution < 1.29 is 26.7 Å². The molecule has 0 saturated heterocycles. The first-order chi connectivity index (χ1) is 14.3. The van der Waals surface area contributed by atoms with Gasteiger partial charge in [-0.2, -0.15) is 0 Å². The number of sulfonamides is 1. The maximum Gasteiger partial charge on any atom is 0.261 e. The van der Waals surface area contributed by atoms with Crippen LogP contribution in [0.2, 0.25) is 0 Å². The summed E-state index contributed by atoms with van der Waals surface area (Å²) in [4.78, 5) is 12.5. The van der Waals surface area contributed by atoms with Crippen LogP contribution in [0.5, 0.6) is 5.75 Å². The van der Waals surface area contributed by atoms with E-state index in [-0.39, 0.29) is 23.4 Å². The zero-order valence-electron chi connectivity index (χ0n) is 17.9. The first-order valence-electron chi connectivity index (χ1n) is 9.87. The third-order valence-electron chi connectivity index (χ3n) is 5.02. The van der Waals surface area contributed by atoms with Crippen molar-refractivity contribution in [2.75, 3.05) is 11.0 Å². The van der Waals surface area contributed by atoms with E-state index in [0.717, 1.165) is 24.0 Å². The Balaban J connectivity index is 1.64. The Morgan fingerprint density at radius 3 is 2.39 bits per heavy atom. The summed E-state index contributed by atoms with van der Waals surface area (Å²) in [5.41, 5.74) is 1.67. The predicted molar refractivity (Wildman–Crippen MR) is 115 cm³/mol. The lowest BCUT2D eigenvalue weighted by Gasteiger charge is -2.27. The molecule has 0 fully saturated rings. The zero-order valence-corrected chi connectivity index (χ0v) is 18.7. The Kier molecular flexibility index (Phi) is 6.27. The van der Waals surface area contributed by atoms with Gasteiger partial charge in [0.1, 0.15) is 11.4 Å². The lowest BCUT2D eigenvalue weighted by molar-refractivity contribution is -0.128. The highest BCUT2D eigenvalue weighted by molar-refractivity contribution is 7.92. The average Bonchev–Trinajstić information content (AvgIpc) is 2.66. The number of nitrogens with one attached hydrogen (secondary N) is 2. The van der Waals surface area contributed by atoms with Gasteiger partial charge in [-0.05, 0) is 53.1 Å². The molecule has 1 unspecified atom stereocenters. The third-order valence-corrected chi connectivity index (χ3v) is 5.60. The van der Waals surface area contributed by atoms with Crippen LogP contribution in [0.3, 0.4) is 0 Å². The van der Waals surface area contributed by atoms with Crippen molar-refractivity contribution >= 4 is 21.6 Å². The summed E-state index contributed by atoms with van der Waals surface area (Å²) in [5.74, 6) is -1.85. The second kappa shape index (κ2) is 8.45. The molecule has 1 aliphatic rings. The van der Waals surface area contributed by atoms with Crippen LogP contribution in [-0.2, 0) is 33.2 Å². The fraction of sp³-hybridized carbons (Fsp3) is 0.409. The van der Waals surface area contributed by atoms with Gasteiger partial charge >= 0.3 is 0 Å². The molecule has 2 aromatic carbocycles. The number of rotatable bonds is 5. The quantitative estimate of drug-likeness (QED) is 0.726. The Hall–Kier alpha value is -2.68. The van der Waals surface area contributed by atoms with Gasteiger partial charge in [0, 0.05) is 6.54 Å². The predicted octanol–water partition coefficient (Wildman–Crippen LogP) is 3.64. The van der Waals surface area contributed by atoms with E-state index in [1.165, 1.54) is 5.56 Å².